The maximum Gasteiger partial charge on any atom is 0.387 e. The van der Waals surface area contributed by atoms with Crippen molar-refractivity contribution in [2.75, 3.05) is 12.4 Å². The SMILES string of the molecule is COc1cccc([C@H]2C=C(c3ccc(C)cc3)Nc3nnnn32)c1OC(F)F. The minimum Gasteiger partial charge on any atom is -0.493 e. The van der Waals surface area contributed by atoms with Crippen molar-refractivity contribution in [2.24, 2.45) is 0 Å². The van der Waals surface area contributed by atoms with Crippen molar-refractivity contribution < 1.29 is 18.3 Å². The average Bonchev–Trinajstić information content (AvgIpc) is 3.16. The number of anilines is 1. The second kappa shape index (κ2) is 7.26. The predicted octanol–water partition coefficient (Wildman–Crippen LogP) is 3.65. The van der Waals surface area contributed by atoms with E-state index in [2.05, 4.69) is 20.8 Å². The Morgan fingerprint density at radius 3 is 2.64 bits per heavy atom. The third kappa shape index (κ3) is 3.26. The van der Waals surface area contributed by atoms with E-state index in [0.29, 0.717) is 11.5 Å². The first-order valence-electron chi connectivity index (χ1n) is 8.52. The van der Waals surface area contributed by atoms with E-state index in [1.165, 1.54) is 11.8 Å². The van der Waals surface area contributed by atoms with E-state index in [1.807, 2.05) is 37.3 Å². The van der Waals surface area contributed by atoms with E-state index in [-0.39, 0.29) is 11.5 Å². The molecule has 0 bridgehead atoms. The summed E-state index contributed by atoms with van der Waals surface area (Å²) in [6.45, 7) is -0.995. The van der Waals surface area contributed by atoms with Crippen molar-refractivity contribution >= 4 is 11.6 Å². The molecule has 0 spiro atoms. The monoisotopic (exact) mass is 385 g/mol. The first kappa shape index (κ1) is 17.9. The van der Waals surface area contributed by atoms with Crippen molar-refractivity contribution in [1.29, 1.82) is 0 Å². The fourth-order valence-corrected chi connectivity index (χ4v) is 3.12. The Balaban J connectivity index is 1.85. The number of alkyl halides is 2. The van der Waals surface area contributed by atoms with Crippen LogP contribution in [0.4, 0.5) is 14.7 Å². The normalized spacial score (nSPS) is 15.6. The molecule has 2 aromatic carbocycles. The van der Waals surface area contributed by atoms with Crippen molar-refractivity contribution in [3.8, 4) is 11.5 Å². The van der Waals surface area contributed by atoms with Crippen LogP contribution in [0.1, 0.15) is 22.7 Å². The van der Waals surface area contributed by atoms with Crippen LogP contribution >= 0.6 is 0 Å². The number of para-hydroxylation sites is 1. The third-order valence-corrected chi connectivity index (χ3v) is 4.44. The molecule has 1 atom stereocenters. The van der Waals surface area contributed by atoms with Gasteiger partial charge in [-0.25, -0.2) is 0 Å². The minimum absolute atomic E-state index is 0.0483. The van der Waals surface area contributed by atoms with Crippen LogP contribution in [0.3, 0.4) is 0 Å². The summed E-state index contributed by atoms with van der Waals surface area (Å²) in [6.07, 6.45) is 1.86. The largest absolute Gasteiger partial charge is 0.493 e. The van der Waals surface area contributed by atoms with Crippen LogP contribution in [0.25, 0.3) is 5.70 Å². The summed E-state index contributed by atoms with van der Waals surface area (Å²) in [7, 11) is 1.40. The number of hydrogen-bond acceptors (Lipinski definition) is 6. The van der Waals surface area contributed by atoms with Crippen LogP contribution in [0.5, 0.6) is 11.5 Å². The van der Waals surface area contributed by atoms with Gasteiger partial charge in [0.1, 0.15) is 6.04 Å². The van der Waals surface area contributed by atoms with Crippen LogP contribution in [0.2, 0.25) is 0 Å². The van der Waals surface area contributed by atoms with Gasteiger partial charge in [0.2, 0.25) is 5.95 Å². The number of halogens is 2. The summed E-state index contributed by atoms with van der Waals surface area (Å²) in [6, 6.07) is 12.3. The minimum atomic E-state index is -2.99. The molecule has 0 fully saturated rings. The molecule has 7 nitrogen and oxygen atoms in total. The number of aromatic nitrogens is 4. The highest BCUT2D eigenvalue weighted by atomic mass is 19.3. The fourth-order valence-electron chi connectivity index (χ4n) is 3.12. The van der Waals surface area contributed by atoms with E-state index in [1.54, 1.807) is 18.2 Å². The highest BCUT2D eigenvalue weighted by Gasteiger charge is 2.29. The summed E-state index contributed by atoms with van der Waals surface area (Å²) in [5, 5.41) is 14.9. The molecule has 2 heterocycles. The molecule has 4 rings (SSSR count). The smallest absolute Gasteiger partial charge is 0.387 e. The number of ether oxygens (including phenoxy) is 2. The molecule has 28 heavy (non-hydrogen) atoms. The Labute approximate surface area is 159 Å². The van der Waals surface area contributed by atoms with Crippen molar-refractivity contribution in [3.63, 3.8) is 0 Å². The van der Waals surface area contributed by atoms with Crippen molar-refractivity contribution in [1.82, 2.24) is 20.2 Å². The quantitative estimate of drug-likeness (QED) is 0.723. The zero-order valence-corrected chi connectivity index (χ0v) is 15.1. The van der Waals surface area contributed by atoms with Crippen LogP contribution < -0.4 is 14.8 Å². The molecule has 0 radical (unpaired) electrons. The fraction of sp³-hybridized carbons (Fsp3) is 0.211. The summed E-state index contributed by atoms with van der Waals surface area (Å²) >= 11 is 0. The summed E-state index contributed by atoms with van der Waals surface area (Å²) < 4.78 is 37.6. The standard InChI is InChI=1S/C19H17F2N5O2/c1-11-6-8-12(9-7-11)14-10-15(26-19(22-14)23-24-25-26)13-4-3-5-16(27-2)17(13)28-18(20)21/h3-10,15,18H,1-2H3,(H,22,23,25)/t15-/m1/s1. The molecular weight excluding hydrogens is 368 g/mol. The van der Waals surface area contributed by atoms with Gasteiger partial charge in [-0.15, -0.1) is 0 Å². The lowest BCUT2D eigenvalue weighted by Gasteiger charge is -2.25. The molecule has 0 aliphatic carbocycles. The van der Waals surface area contributed by atoms with Crippen molar-refractivity contribution in [2.45, 2.75) is 19.6 Å². The van der Waals surface area contributed by atoms with E-state index in [0.717, 1.165) is 16.8 Å². The van der Waals surface area contributed by atoms with Gasteiger partial charge in [0.05, 0.1) is 7.11 Å². The maximum atomic E-state index is 13.0. The van der Waals surface area contributed by atoms with Gasteiger partial charge in [0.15, 0.2) is 11.5 Å². The zero-order valence-electron chi connectivity index (χ0n) is 15.1. The number of nitrogens with zero attached hydrogens (tertiary/aromatic N) is 4. The Morgan fingerprint density at radius 1 is 1.14 bits per heavy atom. The lowest BCUT2D eigenvalue weighted by atomic mass is 10.00. The Morgan fingerprint density at radius 2 is 1.93 bits per heavy atom. The number of tetrazole rings is 1. The summed E-state index contributed by atoms with van der Waals surface area (Å²) in [5.74, 6) is 0.554. The zero-order chi connectivity index (χ0) is 19.7. The molecule has 1 aromatic heterocycles. The highest BCUT2D eigenvalue weighted by Crippen LogP contribution is 2.41. The molecule has 1 aliphatic heterocycles. The van der Waals surface area contributed by atoms with E-state index < -0.39 is 12.7 Å². The van der Waals surface area contributed by atoms with Crippen LogP contribution in [-0.2, 0) is 0 Å². The van der Waals surface area contributed by atoms with E-state index in [9.17, 15) is 8.78 Å². The third-order valence-electron chi connectivity index (χ3n) is 4.44. The van der Waals surface area contributed by atoms with Crippen LogP contribution in [-0.4, -0.2) is 33.9 Å². The summed E-state index contributed by atoms with van der Waals surface area (Å²) in [4.78, 5) is 0. The second-order valence-corrected chi connectivity index (χ2v) is 6.22. The second-order valence-electron chi connectivity index (χ2n) is 6.22. The molecule has 1 aliphatic rings. The van der Waals surface area contributed by atoms with Gasteiger partial charge in [-0.1, -0.05) is 47.1 Å². The molecule has 3 aromatic rings. The van der Waals surface area contributed by atoms with E-state index in [4.69, 9.17) is 9.47 Å². The highest BCUT2D eigenvalue weighted by molar-refractivity contribution is 5.77. The summed E-state index contributed by atoms with van der Waals surface area (Å²) in [5.41, 5.74) is 3.27. The van der Waals surface area contributed by atoms with Gasteiger partial charge in [-0.2, -0.15) is 13.5 Å². The predicted molar refractivity (Wildman–Crippen MR) is 98.4 cm³/mol. The Kier molecular flexibility index (Phi) is 4.64. The number of benzene rings is 2. The number of allylic oxidation sites excluding steroid dienone is 1. The molecule has 0 saturated carbocycles. The van der Waals surface area contributed by atoms with Crippen molar-refractivity contribution in [3.05, 3.63) is 65.2 Å². The first-order valence-corrected chi connectivity index (χ1v) is 8.52. The molecule has 0 amide bonds. The Bertz CT molecular complexity index is 1020. The van der Waals surface area contributed by atoms with Gasteiger partial charge >= 0.3 is 6.61 Å². The topological polar surface area (TPSA) is 74.1 Å². The van der Waals surface area contributed by atoms with E-state index >= 15 is 0 Å². The number of hydrogen-bond donors (Lipinski definition) is 1. The molecule has 0 unspecified atom stereocenters. The van der Waals surface area contributed by atoms with Gasteiger partial charge in [-0.3, -0.25) is 0 Å². The molecular formula is C19H17F2N5O2. The van der Waals surface area contributed by atoms with Gasteiger partial charge in [-0.05, 0) is 35.1 Å². The van der Waals surface area contributed by atoms with Crippen LogP contribution in [0.15, 0.2) is 48.5 Å². The lowest BCUT2D eigenvalue weighted by Crippen LogP contribution is -2.21. The lowest BCUT2D eigenvalue weighted by molar-refractivity contribution is -0.0520. The number of rotatable bonds is 5. The number of aryl methyl sites for hydroxylation is 1. The first-order chi connectivity index (χ1) is 13.6. The number of nitrogens with one attached hydrogen (secondary N) is 1. The van der Waals surface area contributed by atoms with Gasteiger partial charge in [0, 0.05) is 11.3 Å². The Hall–Kier alpha value is -3.49. The van der Waals surface area contributed by atoms with Gasteiger partial charge in [0.25, 0.3) is 0 Å². The number of fused-ring (bicyclic) bond motifs is 1. The number of methoxy groups -OCH3 is 1. The average molecular weight is 385 g/mol. The van der Waals surface area contributed by atoms with Crippen LogP contribution in [0, 0.1) is 6.92 Å². The molecule has 1 N–H and O–H groups in total. The van der Waals surface area contributed by atoms with Gasteiger partial charge < -0.3 is 14.8 Å². The molecule has 144 valence electrons. The maximum absolute atomic E-state index is 13.0. The molecule has 0 saturated heterocycles. The molecule has 9 heteroatoms.